The molecule has 0 saturated heterocycles. The van der Waals surface area contributed by atoms with Gasteiger partial charge < -0.3 is 10.1 Å². The molecular weight excluding hydrogens is 258 g/mol. The third-order valence-corrected chi connectivity index (χ3v) is 3.75. The molecule has 0 radical (unpaired) electrons. The van der Waals surface area contributed by atoms with Crippen molar-refractivity contribution in [2.45, 2.75) is 65.7 Å². The Morgan fingerprint density at radius 3 is 2.43 bits per heavy atom. The van der Waals surface area contributed by atoms with E-state index in [4.69, 9.17) is 4.74 Å². The molecule has 2 heteroatoms. The molecule has 0 atom stereocenters. The van der Waals surface area contributed by atoms with Crippen molar-refractivity contribution in [1.82, 2.24) is 5.32 Å². The molecule has 0 aliphatic heterocycles. The Kier molecular flexibility index (Phi) is 7.81. The van der Waals surface area contributed by atoms with E-state index in [1.807, 2.05) is 0 Å². The quantitative estimate of drug-likeness (QED) is 0.666. The average molecular weight is 291 g/mol. The lowest BCUT2D eigenvalue weighted by Crippen LogP contribution is -2.23. The normalized spacial score (nSPS) is 11.7. The second kappa shape index (κ2) is 9.09. The van der Waals surface area contributed by atoms with Gasteiger partial charge in [0.1, 0.15) is 12.4 Å². The van der Waals surface area contributed by atoms with Crippen LogP contribution in [0, 0.1) is 0 Å². The van der Waals surface area contributed by atoms with Crippen LogP contribution < -0.4 is 10.1 Å². The molecule has 2 nitrogen and oxygen atoms in total. The molecule has 21 heavy (non-hydrogen) atoms. The SMILES string of the molecule is CCCCCNCCOc1ccc(CC)cc1C(C)(C)C. The van der Waals surface area contributed by atoms with Gasteiger partial charge in [0.2, 0.25) is 0 Å². The highest BCUT2D eigenvalue weighted by atomic mass is 16.5. The van der Waals surface area contributed by atoms with E-state index < -0.39 is 0 Å². The molecule has 0 aliphatic carbocycles. The van der Waals surface area contributed by atoms with Crippen LogP contribution in [0.3, 0.4) is 0 Å². The average Bonchev–Trinajstić information content (AvgIpc) is 2.45. The maximum atomic E-state index is 6.01. The highest BCUT2D eigenvalue weighted by Crippen LogP contribution is 2.32. The number of nitrogens with one attached hydrogen (secondary N) is 1. The second-order valence-electron chi connectivity index (χ2n) is 6.74. The van der Waals surface area contributed by atoms with Gasteiger partial charge in [0.15, 0.2) is 0 Å². The van der Waals surface area contributed by atoms with Crippen LogP contribution in [-0.2, 0) is 11.8 Å². The molecule has 1 N–H and O–H groups in total. The lowest BCUT2D eigenvalue weighted by atomic mass is 9.85. The van der Waals surface area contributed by atoms with E-state index >= 15 is 0 Å². The van der Waals surface area contributed by atoms with Gasteiger partial charge in [-0.25, -0.2) is 0 Å². The van der Waals surface area contributed by atoms with Gasteiger partial charge in [0, 0.05) is 6.54 Å². The minimum Gasteiger partial charge on any atom is -0.492 e. The predicted molar refractivity (Wildman–Crippen MR) is 92.4 cm³/mol. The summed E-state index contributed by atoms with van der Waals surface area (Å²) in [6.45, 7) is 13.9. The van der Waals surface area contributed by atoms with E-state index in [0.717, 1.165) is 31.9 Å². The zero-order valence-corrected chi connectivity index (χ0v) is 14.6. The number of ether oxygens (including phenoxy) is 1. The fourth-order valence-corrected chi connectivity index (χ4v) is 2.37. The van der Waals surface area contributed by atoms with Crippen molar-refractivity contribution in [2.75, 3.05) is 19.7 Å². The standard InChI is InChI=1S/C19H33NO/c1-6-8-9-12-20-13-14-21-18-11-10-16(7-2)15-17(18)19(3,4)5/h10-11,15,20H,6-9,12-14H2,1-5H3. The Morgan fingerprint density at radius 1 is 1.05 bits per heavy atom. The van der Waals surface area contributed by atoms with Crippen molar-refractivity contribution in [3.63, 3.8) is 0 Å². The van der Waals surface area contributed by atoms with Crippen LogP contribution in [0.4, 0.5) is 0 Å². The molecule has 0 heterocycles. The third-order valence-electron chi connectivity index (χ3n) is 3.75. The summed E-state index contributed by atoms with van der Waals surface area (Å²) in [6.07, 6.45) is 4.91. The Labute approximate surface area is 131 Å². The van der Waals surface area contributed by atoms with Crippen molar-refractivity contribution in [3.8, 4) is 5.75 Å². The molecule has 1 aromatic rings. The maximum absolute atomic E-state index is 6.01. The Hall–Kier alpha value is -1.02. The monoisotopic (exact) mass is 291 g/mol. The van der Waals surface area contributed by atoms with Gasteiger partial charge in [0.05, 0.1) is 0 Å². The van der Waals surface area contributed by atoms with Crippen LogP contribution in [0.15, 0.2) is 18.2 Å². The van der Waals surface area contributed by atoms with Gasteiger partial charge in [-0.15, -0.1) is 0 Å². The molecule has 0 amide bonds. The summed E-state index contributed by atoms with van der Waals surface area (Å²) < 4.78 is 6.01. The minimum atomic E-state index is 0.120. The molecule has 0 fully saturated rings. The highest BCUT2D eigenvalue weighted by Gasteiger charge is 2.19. The number of hydrogen-bond acceptors (Lipinski definition) is 2. The molecule has 1 rings (SSSR count). The first-order valence-corrected chi connectivity index (χ1v) is 8.46. The van der Waals surface area contributed by atoms with Crippen molar-refractivity contribution >= 4 is 0 Å². The fourth-order valence-electron chi connectivity index (χ4n) is 2.37. The Morgan fingerprint density at radius 2 is 1.81 bits per heavy atom. The summed E-state index contributed by atoms with van der Waals surface area (Å²) in [5.74, 6) is 1.04. The largest absolute Gasteiger partial charge is 0.492 e. The van der Waals surface area contributed by atoms with Gasteiger partial charge >= 0.3 is 0 Å². The van der Waals surface area contributed by atoms with E-state index in [1.54, 1.807) is 0 Å². The van der Waals surface area contributed by atoms with E-state index in [0.29, 0.717) is 0 Å². The lowest BCUT2D eigenvalue weighted by Gasteiger charge is -2.23. The number of rotatable bonds is 9. The fraction of sp³-hybridized carbons (Fsp3) is 0.684. The molecule has 0 aliphatic rings. The van der Waals surface area contributed by atoms with Crippen LogP contribution in [0.1, 0.15) is 65.0 Å². The first-order chi connectivity index (χ1) is 9.99. The Balaban J connectivity index is 2.51. The predicted octanol–water partition coefficient (Wildman–Crippen LogP) is 4.71. The van der Waals surface area contributed by atoms with Crippen LogP contribution in [0.25, 0.3) is 0 Å². The van der Waals surface area contributed by atoms with Crippen molar-refractivity contribution in [2.24, 2.45) is 0 Å². The number of benzene rings is 1. The molecule has 0 spiro atoms. The van der Waals surface area contributed by atoms with E-state index in [2.05, 4.69) is 58.1 Å². The molecule has 0 bridgehead atoms. The number of aryl methyl sites for hydroxylation is 1. The minimum absolute atomic E-state index is 0.120. The summed E-state index contributed by atoms with van der Waals surface area (Å²) in [5.41, 5.74) is 2.81. The van der Waals surface area contributed by atoms with Crippen molar-refractivity contribution < 1.29 is 4.74 Å². The summed E-state index contributed by atoms with van der Waals surface area (Å²) in [6, 6.07) is 6.61. The first-order valence-electron chi connectivity index (χ1n) is 8.46. The molecule has 0 aromatic heterocycles. The lowest BCUT2D eigenvalue weighted by molar-refractivity contribution is 0.305. The van der Waals surface area contributed by atoms with Gasteiger partial charge in [-0.2, -0.15) is 0 Å². The second-order valence-corrected chi connectivity index (χ2v) is 6.74. The van der Waals surface area contributed by atoms with Crippen molar-refractivity contribution in [3.05, 3.63) is 29.3 Å². The topological polar surface area (TPSA) is 21.3 Å². The van der Waals surface area contributed by atoms with E-state index in [1.165, 1.54) is 30.4 Å². The van der Waals surface area contributed by atoms with Crippen LogP contribution in [-0.4, -0.2) is 19.7 Å². The van der Waals surface area contributed by atoms with Gasteiger partial charge in [-0.1, -0.05) is 59.6 Å². The zero-order chi connectivity index (χ0) is 15.7. The summed E-state index contributed by atoms with van der Waals surface area (Å²) in [7, 11) is 0. The molecule has 120 valence electrons. The van der Waals surface area contributed by atoms with E-state index in [9.17, 15) is 0 Å². The number of hydrogen-bond donors (Lipinski definition) is 1. The summed E-state index contributed by atoms with van der Waals surface area (Å²) in [4.78, 5) is 0. The maximum Gasteiger partial charge on any atom is 0.123 e. The molecule has 0 saturated carbocycles. The van der Waals surface area contributed by atoms with Gasteiger partial charge in [-0.3, -0.25) is 0 Å². The summed E-state index contributed by atoms with van der Waals surface area (Å²) >= 11 is 0. The van der Waals surface area contributed by atoms with Gasteiger partial charge in [-0.05, 0) is 42.0 Å². The Bertz CT molecular complexity index is 407. The highest BCUT2D eigenvalue weighted by molar-refractivity contribution is 5.41. The first kappa shape index (κ1) is 18.0. The van der Waals surface area contributed by atoms with Gasteiger partial charge in [0.25, 0.3) is 0 Å². The molecule has 1 aromatic carbocycles. The van der Waals surface area contributed by atoms with E-state index in [-0.39, 0.29) is 5.41 Å². The van der Waals surface area contributed by atoms with Crippen molar-refractivity contribution in [1.29, 1.82) is 0 Å². The van der Waals surface area contributed by atoms with Crippen LogP contribution in [0.2, 0.25) is 0 Å². The zero-order valence-electron chi connectivity index (χ0n) is 14.6. The smallest absolute Gasteiger partial charge is 0.123 e. The summed E-state index contributed by atoms with van der Waals surface area (Å²) in [5, 5.41) is 3.45. The third kappa shape index (κ3) is 6.52. The molecular formula is C19H33NO. The van der Waals surface area contributed by atoms with Crippen LogP contribution in [0.5, 0.6) is 5.75 Å². The molecule has 0 unspecified atom stereocenters. The van der Waals surface area contributed by atoms with Crippen LogP contribution >= 0.6 is 0 Å². The number of unbranched alkanes of at least 4 members (excludes halogenated alkanes) is 2.